The molecule has 0 aliphatic rings. The minimum absolute atomic E-state index is 0.0500. The number of rotatable bonds is 8. The normalized spacial score (nSPS) is 17.7. The van der Waals surface area contributed by atoms with Crippen molar-refractivity contribution >= 4 is 7.37 Å². The molecule has 0 saturated carbocycles. The van der Waals surface area contributed by atoms with Gasteiger partial charge in [-0.15, -0.1) is 0 Å². The lowest BCUT2D eigenvalue weighted by Gasteiger charge is -2.19. The fourth-order valence-corrected chi connectivity index (χ4v) is 3.02. The highest BCUT2D eigenvalue weighted by Crippen LogP contribution is 2.46. The second-order valence-electron chi connectivity index (χ2n) is 4.24. The van der Waals surface area contributed by atoms with Crippen LogP contribution >= 0.6 is 7.37 Å². The highest BCUT2D eigenvalue weighted by atomic mass is 31.2. The summed E-state index contributed by atoms with van der Waals surface area (Å²) in [4.78, 5) is 9.56. The Bertz CT molecular complexity index is 174. The molecule has 0 aromatic heterocycles. The van der Waals surface area contributed by atoms with Gasteiger partial charge in [0.05, 0.1) is 0 Å². The van der Waals surface area contributed by atoms with E-state index in [2.05, 4.69) is 13.8 Å². The van der Waals surface area contributed by atoms with Gasteiger partial charge in [-0.2, -0.15) is 0 Å². The third-order valence-corrected chi connectivity index (χ3v) is 4.58. The van der Waals surface area contributed by atoms with E-state index in [9.17, 15) is 9.46 Å². The Kier molecular flexibility index (Phi) is 7.58. The molecular formula is C11H25O2P. The molecule has 0 aromatic rings. The summed E-state index contributed by atoms with van der Waals surface area (Å²) in [5.74, 6) is 0. The van der Waals surface area contributed by atoms with Gasteiger partial charge in [0.25, 0.3) is 0 Å². The first-order chi connectivity index (χ1) is 6.52. The molecule has 0 spiro atoms. The number of hydrogen-bond donors (Lipinski definition) is 1. The molecule has 86 valence electrons. The summed E-state index contributed by atoms with van der Waals surface area (Å²) in [7, 11) is -2.85. The number of hydrogen-bond acceptors (Lipinski definition) is 1. The second kappa shape index (κ2) is 7.48. The standard InChI is InChI=1S/C11H25O2P/c1-4-6-8-10-11(9-7-5-2)14(3,12)13/h11H,4-10H2,1-3H3,(H,12,13). The SMILES string of the molecule is CCCCCC(CCCC)P(C)(=O)O. The zero-order valence-electron chi connectivity index (χ0n) is 9.83. The van der Waals surface area contributed by atoms with E-state index in [1.54, 1.807) is 0 Å². The Hall–Kier alpha value is 0.190. The first kappa shape index (κ1) is 14.2. The van der Waals surface area contributed by atoms with E-state index in [-0.39, 0.29) is 5.66 Å². The topological polar surface area (TPSA) is 37.3 Å². The monoisotopic (exact) mass is 220 g/mol. The fraction of sp³-hybridized carbons (Fsp3) is 1.00. The van der Waals surface area contributed by atoms with Crippen molar-refractivity contribution in [2.24, 2.45) is 0 Å². The quantitative estimate of drug-likeness (QED) is 0.495. The van der Waals surface area contributed by atoms with Crippen LogP contribution in [0.15, 0.2) is 0 Å². The van der Waals surface area contributed by atoms with Crippen molar-refractivity contribution < 1.29 is 9.46 Å². The molecule has 2 atom stereocenters. The van der Waals surface area contributed by atoms with E-state index in [0.717, 1.165) is 32.1 Å². The Morgan fingerprint density at radius 2 is 1.57 bits per heavy atom. The molecule has 0 saturated heterocycles. The van der Waals surface area contributed by atoms with Crippen molar-refractivity contribution in [3.63, 3.8) is 0 Å². The molecule has 0 heterocycles. The molecular weight excluding hydrogens is 195 g/mol. The molecule has 0 aromatic carbocycles. The lowest BCUT2D eigenvalue weighted by Crippen LogP contribution is -2.08. The molecule has 2 unspecified atom stereocenters. The zero-order chi connectivity index (χ0) is 11.0. The third kappa shape index (κ3) is 6.62. The highest BCUT2D eigenvalue weighted by Gasteiger charge is 2.23. The molecule has 0 aliphatic carbocycles. The summed E-state index contributed by atoms with van der Waals surface area (Å²) in [5.41, 5.74) is 0.0500. The molecule has 1 N–H and O–H groups in total. The van der Waals surface area contributed by atoms with Crippen molar-refractivity contribution in [1.29, 1.82) is 0 Å². The van der Waals surface area contributed by atoms with Crippen LogP contribution in [0.25, 0.3) is 0 Å². The minimum Gasteiger partial charge on any atom is -0.344 e. The van der Waals surface area contributed by atoms with Crippen LogP contribution in [0.1, 0.15) is 58.8 Å². The summed E-state index contributed by atoms with van der Waals surface area (Å²) in [6.07, 6.45) is 7.51. The van der Waals surface area contributed by atoms with E-state index >= 15 is 0 Å². The van der Waals surface area contributed by atoms with Gasteiger partial charge >= 0.3 is 0 Å². The summed E-state index contributed by atoms with van der Waals surface area (Å²) in [6, 6.07) is 0. The van der Waals surface area contributed by atoms with Gasteiger partial charge in [0.1, 0.15) is 0 Å². The van der Waals surface area contributed by atoms with Gasteiger partial charge in [-0.3, -0.25) is 4.57 Å². The molecule has 0 aliphatic heterocycles. The fourth-order valence-electron chi connectivity index (χ4n) is 1.69. The van der Waals surface area contributed by atoms with Crippen molar-refractivity contribution in [3.8, 4) is 0 Å². The first-order valence-corrected chi connectivity index (χ1v) is 7.99. The van der Waals surface area contributed by atoms with E-state index in [0.29, 0.717) is 0 Å². The van der Waals surface area contributed by atoms with Crippen LogP contribution in [-0.4, -0.2) is 17.2 Å². The lowest BCUT2D eigenvalue weighted by molar-refractivity contribution is 0.449. The van der Waals surface area contributed by atoms with Crippen molar-refractivity contribution in [1.82, 2.24) is 0 Å². The van der Waals surface area contributed by atoms with Gasteiger partial charge < -0.3 is 4.89 Å². The Labute approximate surface area is 88.6 Å². The van der Waals surface area contributed by atoms with E-state index < -0.39 is 7.37 Å². The summed E-state index contributed by atoms with van der Waals surface area (Å²) in [5, 5.41) is 0. The lowest BCUT2D eigenvalue weighted by atomic mass is 10.1. The zero-order valence-corrected chi connectivity index (χ0v) is 10.7. The smallest absolute Gasteiger partial charge is 0.200 e. The maximum atomic E-state index is 11.6. The van der Waals surface area contributed by atoms with Crippen molar-refractivity contribution in [3.05, 3.63) is 0 Å². The van der Waals surface area contributed by atoms with Gasteiger partial charge in [-0.25, -0.2) is 0 Å². The highest BCUT2D eigenvalue weighted by molar-refractivity contribution is 7.57. The first-order valence-electron chi connectivity index (χ1n) is 5.82. The van der Waals surface area contributed by atoms with Crippen LogP contribution in [-0.2, 0) is 4.57 Å². The van der Waals surface area contributed by atoms with Gasteiger partial charge in [0.2, 0.25) is 7.37 Å². The Balaban J connectivity index is 3.92. The maximum absolute atomic E-state index is 11.6. The molecule has 3 heteroatoms. The average Bonchev–Trinajstić information content (AvgIpc) is 2.09. The Morgan fingerprint density at radius 1 is 1.07 bits per heavy atom. The average molecular weight is 220 g/mol. The van der Waals surface area contributed by atoms with E-state index in [1.807, 2.05) is 0 Å². The predicted molar refractivity (Wildman–Crippen MR) is 63.2 cm³/mol. The van der Waals surface area contributed by atoms with E-state index in [1.165, 1.54) is 19.5 Å². The van der Waals surface area contributed by atoms with Crippen LogP contribution in [0.4, 0.5) is 0 Å². The summed E-state index contributed by atoms with van der Waals surface area (Å²) >= 11 is 0. The summed E-state index contributed by atoms with van der Waals surface area (Å²) in [6.45, 7) is 5.80. The van der Waals surface area contributed by atoms with E-state index in [4.69, 9.17) is 0 Å². The molecule has 0 fully saturated rings. The van der Waals surface area contributed by atoms with Crippen molar-refractivity contribution in [2.75, 3.05) is 6.66 Å². The van der Waals surface area contributed by atoms with Gasteiger partial charge in [0, 0.05) is 12.3 Å². The van der Waals surface area contributed by atoms with Crippen LogP contribution < -0.4 is 0 Å². The van der Waals surface area contributed by atoms with Gasteiger partial charge in [0.15, 0.2) is 0 Å². The second-order valence-corrected chi connectivity index (χ2v) is 6.85. The Morgan fingerprint density at radius 3 is 2.00 bits per heavy atom. The summed E-state index contributed by atoms with van der Waals surface area (Å²) < 4.78 is 11.6. The van der Waals surface area contributed by atoms with Gasteiger partial charge in [-0.1, -0.05) is 46.0 Å². The third-order valence-electron chi connectivity index (χ3n) is 2.71. The largest absolute Gasteiger partial charge is 0.344 e. The van der Waals surface area contributed by atoms with Crippen molar-refractivity contribution in [2.45, 2.75) is 64.5 Å². The molecule has 2 nitrogen and oxygen atoms in total. The molecule has 0 bridgehead atoms. The minimum atomic E-state index is -2.85. The maximum Gasteiger partial charge on any atom is 0.200 e. The van der Waals surface area contributed by atoms with Crippen LogP contribution in [0.3, 0.4) is 0 Å². The molecule has 0 radical (unpaired) electrons. The predicted octanol–water partition coefficient (Wildman–Crippen LogP) is 4.03. The van der Waals surface area contributed by atoms with Crippen LogP contribution in [0, 0.1) is 0 Å². The molecule has 0 amide bonds. The molecule has 0 rings (SSSR count). The van der Waals surface area contributed by atoms with Gasteiger partial charge in [-0.05, 0) is 12.8 Å². The van der Waals surface area contributed by atoms with Crippen LogP contribution in [0.2, 0.25) is 0 Å². The van der Waals surface area contributed by atoms with Crippen LogP contribution in [0.5, 0.6) is 0 Å². The molecule has 14 heavy (non-hydrogen) atoms. The number of unbranched alkanes of at least 4 members (excludes halogenated alkanes) is 3.